The van der Waals surface area contributed by atoms with E-state index in [2.05, 4.69) is 13.0 Å². The van der Waals surface area contributed by atoms with E-state index in [1.807, 2.05) is 18.2 Å². The average Bonchev–Trinajstić information content (AvgIpc) is 2.42. The van der Waals surface area contributed by atoms with Crippen molar-refractivity contribution in [2.75, 3.05) is 21.3 Å². The first-order valence-electron chi connectivity index (χ1n) is 6.23. The summed E-state index contributed by atoms with van der Waals surface area (Å²) in [6.07, 6.45) is 7.65. The molecule has 0 heterocycles. The van der Waals surface area contributed by atoms with E-state index in [9.17, 15) is 0 Å². The molecule has 0 saturated heterocycles. The SMILES string of the molecule is CCCC/C=C/c1c(OC)cc(OC)cc1OC. The molecule has 0 atom stereocenters. The van der Waals surface area contributed by atoms with E-state index >= 15 is 0 Å². The zero-order valence-corrected chi connectivity index (χ0v) is 11.7. The van der Waals surface area contributed by atoms with Crippen molar-refractivity contribution in [3.63, 3.8) is 0 Å². The van der Waals surface area contributed by atoms with E-state index in [1.54, 1.807) is 21.3 Å². The van der Waals surface area contributed by atoms with Gasteiger partial charge < -0.3 is 14.2 Å². The zero-order valence-electron chi connectivity index (χ0n) is 11.7. The van der Waals surface area contributed by atoms with E-state index < -0.39 is 0 Å². The third-order valence-corrected chi connectivity index (χ3v) is 2.76. The zero-order chi connectivity index (χ0) is 13.4. The Balaban J connectivity index is 3.03. The third-order valence-electron chi connectivity index (χ3n) is 2.76. The molecule has 3 heteroatoms. The van der Waals surface area contributed by atoms with Gasteiger partial charge in [0, 0.05) is 12.1 Å². The van der Waals surface area contributed by atoms with Crippen molar-refractivity contribution < 1.29 is 14.2 Å². The maximum absolute atomic E-state index is 5.38. The first-order chi connectivity index (χ1) is 8.76. The molecule has 0 spiro atoms. The summed E-state index contributed by atoms with van der Waals surface area (Å²) in [4.78, 5) is 0. The monoisotopic (exact) mass is 250 g/mol. The van der Waals surface area contributed by atoms with Crippen LogP contribution in [0.2, 0.25) is 0 Å². The van der Waals surface area contributed by atoms with Gasteiger partial charge in [-0.05, 0) is 6.42 Å². The molecule has 0 radical (unpaired) electrons. The minimum absolute atomic E-state index is 0.731. The van der Waals surface area contributed by atoms with Crippen LogP contribution >= 0.6 is 0 Å². The highest BCUT2D eigenvalue weighted by atomic mass is 16.5. The van der Waals surface area contributed by atoms with Crippen LogP contribution in [0.5, 0.6) is 17.2 Å². The molecule has 100 valence electrons. The second-order valence-electron chi connectivity index (χ2n) is 3.99. The Labute approximate surface area is 109 Å². The number of hydrogen-bond acceptors (Lipinski definition) is 3. The fourth-order valence-electron chi connectivity index (χ4n) is 1.72. The molecule has 0 aliphatic heterocycles. The van der Waals surface area contributed by atoms with Crippen molar-refractivity contribution in [3.05, 3.63) is 23.8 Å². The lowest BCUT2D eigenvalue weighted by atomic mass is 10.1. The number of unbranched alkanes of at least 4 members (excludes halogenated alkanes) is 2. The highest BCUT2D eigenvalue weighted by molar-refractivity contribution is 5.66. The Kier molecular flexibility index (Phi) is 6.12. The van der Waals surface area contributed by atoms with Gasteiger partial charge in [-0.25, -0.2) is 0 Å². The van der Waals surface area contributed by atoms with Crippen molar-refractivity contribution in [1.82, 2.24) is 0 Å². The number of ether oxygens (including phenoxy) is 3. The first-order valence-corrected chi connectivity index (χ1v) is 6.23. The van der Waals surface area contributed by atoms with Gasteiger partial charge in [0.2, 0.25) is 0 Å². The Morgan fingerprint density at radius 3 is 2.06 bits per heavy atom. The van der Waals surface area contributed by atoms with Crippen LogP contribution < -0.4 is 14.2 Å². The topological polar surface area (TPSA) is 27.7 Å². The average molecular weight is 250 g/mol. The maximum Gasteiger partial charge on any atom is 0.133 e. The first kappa shape index (κ1) is 14.4. The van der Waals surface area contributed by atoms with Crippen molar-refractivity contribution in [1.29, 1.82) is 0 Å². The summed E-state index contributed by atoms with van der Waals surface area (Å²) in [6, 6.07) is 3.73. The number of methoxy groups -OCH3 is 3. The Bertz CT molecular complexity index is 372. The summed E-state index contributed by atoms with van der Waals surface area (Å²) in [5, 5.41) is 0. The van der Waals surface area contributed by atoms with Gasteiger partial charge >= 0.3 is 0 Å². The summed E-state index contributed by atoms with van der Waals surface area (Å²) in [7, 11) is 4.93. The number of rotatable bonds is 7. The Hall–Kier alpha value is -1.64. The van der Waals surface area contributed by atoms with Gasteiger partial charge in [-0.15, -0.1) is 0 Å². The van der Waals surface area contributed by atoms with Gasteiger partial charge in [-0.1, -0.05) is 31.9 Å². The van der Waals surface area contributed by atoms with Gasteiger partial charge in [0.15, 0.2) is 0 Å². The normalized spacial score (nSPS) is 10.7. The van der Waals surface area contributed by atoms with Crippen LogP contribution in [0.3, 0.4) is 0 Å². The molecule has 0 bridgehead atoms. The molecule has 0 aliphatic carbocycles. The van der Waals surface area contributed by atoms with Gasteiger partial charge in [0.05, 0.1) is 26.9 Å². The summed E-state index contributed by atoms with van der Waals surface area (Å²) in [6.45, 7) is 2.18. The quantitative estimate of drug-likeness (QED) is 0.686. The van der Waals surface area contributed by atoms with E-state index in [0.717, 1.165) is 29.2 Å². The van der Waals surface area contributed by atoms with Crippen LogP contribution in [0, 0.1) is 0 Å². The molecule has 1 aromatic rings. The highest BCUT2D eigenvalue weighted by Crippen LogP contribution is 2.35. The molecular formula is C15H22O3. The minimum Gasteiger partial charge on any atom is -0.496 e. The summed E-state index contributed by atoms with van der Waals surface area (Å²) >= 11 is 0. The molecule has 1 rings (SSSR count). The summed E-state index contributed by atoms with van der Waals surface area (Å²) in [5.74, 6) is 2.26. The lowest BCUT2D eigenvalue weighted by Crippen LogP contribution is -1.94. The smallest absolute Gasteiger partial charge is 0.133 e. The van der Waals surface area contributed by atoms with Crippen LogP contribution in [-0.2, 0) is 0 Å². The molecule has 0 unspecified atom stereocenters. The van der Waals surface area contributed by atoms with E-state index in [-0.39, 0.29) is 0 Å². The number of allylic oxidation sites excluding steroid dienone is 1. The van der Waals surface area contributed by atoms with Gasteiger partial charge in [-0.3, -0.25) is 0 Å². The van der Waals surface area contributed by atoms with Crippen LogP contribution in [-0.4, -0.2) is 21.3 Å². The molecule has 0 saturated carbocycles. The second-order valence-corrected chi connectivity index (χ2v) is 3.99. The number of benzene rings is 1. The molecule has 3 nitrogen and oxygen atoms in total. The van der Waals surface area contributed by atoms with Crippen LogP contribution in [0.15, 0.2) is 18.2 Å². The van der Waals surface area contributed by atoms with Crippen LogP contribution in [0.4, 0.5) is 0 Å². The van der Waals surface area contributed by atoms with Gasteiger partial charge in [0.1, 0.15) is 17.2 Å². The Morgan fingerprint density at radius 1 is 1.00 bits per heavy atom. The third kappa shape index (κ3) is 3.69. The standard InChI is InChI=1S/C15H22O3/c1-5-6-7-8-9-13-14(17-3)10-12(16-2)11-15(13)18-4/h8-11H,5-7H2,1-4H3/b9-8+. The molecule has 0 amide bonds. The van der Waals surface area contributed by atoms with Crippen LogP contribution in [0.1, 0.15) is 31.7 Å². The van der Waals surface area contributed by atoms with E-state index in [0.29, 0.717) is 0 Å². The molecule has 0 aromatic heterocycles. The number of hydrogen-bond donors (Lipinski definition) is 0. The van der Waals surface area contributed by atoms with Crippen molar-refractivity contribution in [2.45, 2.75) is 26.2 Å². The van der Waals surface area contributed by atoms with E-state index in [1.165, 1.54) is 12.8 Å². The predicted octanol–water partition coefficient (Wildman–Crippen LogP) is 3.92. The van der Waals surface area contributed by atoms with Gasteiger partial charge in [0.25, 0.3) is 0 Å². The molecule has 1 aromatic carbocycles. The largest absolute Gasteiger partial charge is 0.496 e. The molecule has 0 aliphatic rings. The van der Waals surface area contributed by atoms with Crippen molar-refractivity contribution in [2.24, 2.45) is 0 Å². The summed E-state index contributed by atoms with van der Waals surface area (Å²) < 4.78 is 16.0. The molecule has 18 heavy (non-hydrogen) atoms. The van der Waals surface area contributed by atoms with Crippen LogP contribution in [0.25, 0.3) is 6.08 Å². The van der Waals surface area contributed by atoms with E-state index in [4.69, 9.17) is 14.2 Å². The fraction of sp³-hybridized carbons (Fsp3) is 0.467. The Morgan fingerprint density at radius 2 is 1.61 bits per heavy atom. The lowest BCUT2D eigenvalue weighted by Gasteiger charge is -2.12. The fourth-order valence-corrected chi connectivity index (χ4v) is 1.72. The second kappa shape index (κ2) is 7.64. The molecule has 0 N–H and O–H groups in total. The summed E-state index contributed by atoms with van der Waals surface area (Å²) in [5.41, 5.74) is 0.955. The van der Waals surface area contributed by atoms with Gasteiger partial charge in [-0.2, -0.15) is 0 Å². The molecular weight excluding hydrogens is 228 g/mol. The maximum atomic E-state index is 5.38. The van der Waals surface area contributed by atoms with Crippen molar-refractivity contribution >= 4 is 6.08 Å². The predicted molar refractivity (Wildman–Crippen MR) is 74.7 cm³/mol. The van der Waals surface area contributed by atoms with Crippen molar-refractivity contribution in [3.8, 4) is 17.2 Å². The molecule has 0 fully saturated rings. The highest BCUT2D eigenvalue weighted by Gasteiger charge is 2.10. The minimum atomic E-state index is 0.731. The lowest BCUT2D eigenvalue weighted by molar-refractivity contribution is 0.374.